The summed E-state index contributed by atoms with van der Waals surface area (Å²) >= 11 is 9.11. The zero-order valence-corrected chi connectivity index (χ0v) is 13.3. The molecule has 1 aromatic heterocycles. The lowest BCUT2D eigenvalue weighted by Crippen LogP contribution is -1.96. The maximum atomic E-state index is 13.3. The number of aromatic nitrogens is 1. The van der Waals surface area contributed by atoms with Gasteiger partial charge in [-0.15, -0.1) is 11.6 Å². The van der Waals surface area contributed by atoms with Crippen LogP contribution in [0.25, 0.3) is 0 Å². The van der Waals surface area contributed by atoms with Crippen molar-refractivity contribution in [2.45, 2.75) is 25.6 Å². The molecule has 20 heavy (non-hydrogen) atoms. The first-order valence-electron chi connectivity index (χ1n) is 6.30. The molecule has 1 heterocycles. The Morgan fingerprint density at radius 1 is 1.25 bits per heavy atom. The first kappa shape index (κ1) is 15.3. The molecule has 0 aliphatic heterocycles. The van der Waals surface area contributed by atoms with Crippen molar-refractivity contribution in [1.29, 1.82) is 0 Å². The summed E-state index contributed by atoms with van der Waals surface area (Å²) in [5.74, 6) is 0.863. The molecule has 0 amide bonds. The predicted molar refractivity (Wildman–Crippen MR) is 82.0 cm³/mol. The van der Waals surface area contributed by atoms with Gasteiger partial charge >= 0.3 is 0 Å². The fourth-order valence-corrected chi connectivity index (χ4v) is 2.44. The van der Waals surface area contributed by atoms with E-state index in [4.69, 9.17) is 16.3 Å². The maximum Gasteiger partial charge on any atom is 0.219 e. The highest BCUT2D eigenvalue weighted by Gasteiger charge is 2.06. The van der Waals surface area contributed by atoms with Gasteiger partial charge in [0.1, 0.15) is 11.6 Å². The van der Waals surface area contributed by atoms with Gasteiger partial charge in [-0.25, -0.2) is 9.37 Å². The van der Waals surface area contributed by atoms with Crippen LogP contribution in [-0.4, -0.2) is 4.98 Å². The zero-order chi connectivity index (χ0) is 14.5. The highest BCUT2D eigenvalue weighted by molar-refractivity contribution is 9.10. The van der Waals surface area contributed by atoms with Gasteiger partial charge in [-0.2, -0.15) is 0 Å². The molecular formula is C15H14BrClFNO. The third kappa shape index (κ3) is 4.18. The van der Waals surface area contributed by atoms with Crippen molar-refractivity contribution < 1.29 is 9.13 Å². The molecule has 2 rings (SSSR count). The van der Waals surface area contributed by atoms with Gasteiger partial charge in [-0.05, 0) is 30.2 Å². The summed E-state index contributed by atoms with van der Waals surface area (Å²) in [6.45, 7) is 2.08. The molecule has 0 bridgehead atoms. The lowest BCUT2D eigenvalue weighted by atomic mass is 10.2. The second-order valence-corrected chi connectivity index (χ2v) is 5.58. The molecule has 0 aliphatic carbocycles. The topological polar surface area (TPSA) is 22.1 Å². The third-order valence-corrected chi connectivity index (χ3v) is 3.40. The summed E-state index contributed by atoms with van der Waals surface area (Å²) in [6, 6.07) is 8.12. The van der Waals surface area contributed by atoms with Crippen molar-refractivity contribution in [3.05, 3.63) is 51.9 Å². The second kappa shape index (κ2) is 7.04. The van der Waals surface area contributed by atoms with Crippen LogP contribution in [0.15, 0.2) is 34.8 Å². The normalized spacial score (nSPS) is 10.6. The number of ether oxygens (including phenoxy) is 1. The standard InChI is InChI=1S/C15H14BrClFNO/c1-2-3-13-4-10(9-17)5-15(19-13)20-14-7-11(16)6-12(18)8-14/h4-8H,2-3,9H2,1H3. The van der Waals surface area contributed by atoms with Crippen LogP contribution >= 0.6 is 27.5 Å². The van der Waals surface area contributed by atoms with E-state index in [0.29, 0.717) is 22.0 Å². The number of halogens is 3. The van der Waals surface area contributed by atoms with Crippen molar-refractivity contribution >= 4 is 27.5 Å². The van der Waals surface area contributed by atoms with Gasteiger partial charge < -0.3 is 4.74 Å². The highest BCUT2D eigenvalue weighted by Crippen LogP contribution is 2.26. The molecule has 0 unspecified atom stereocenters. The number of pyridine rings is 1. The number of benzene rings is 1. The van der Waals surface area contributed by atoms with E-state index >= 15 is 0 Å². The summed E-state index contributed by atoms with van der Waals surface area (Å²) in [6.07, 6.45) is 1.84. The molecule has 106 valence electrons. The minimum atomic E-state index is -0.364. The molecule has 0 atom stereocenters. The van der Waals surface area contributed by atoms with E-state index in [1.54, 1.807) is 12.1 Å². The van der Waals surface area contributed by atoms with Gasteiger partial charge in [-0.1, -0.05) is 29.3 Å². The van der Waals surface area contributed by atoms with E-state index in [2.05, 4.69) is 27.8 Å². The summed E-state index contributed by atoms with van der Waals surface area (Å²) in [5, 5.41) is 0. The van der Waals surface area contributed by atoms with Crippen molar-refractivity contribution in [3.8, 4) is 11.6 Å². The number of rotatable bonds is 5. The molecule has 0 saturated heterocycles. The van der Waals surface area contributed by atoms with Crippen molar-refractivity contribution in [3.63, 3.8) is 0 Å². The first-order valence-corrected chi connectivity index (χ1v) is 7.63. The molecule has 0 fully saturated rings. The van der Waals surface area contributed by atoms with Crippen LogP contribution in [0.2, 0.25) is 0 Å². The Morgan fingerprint density at radius 2 is 2.05 bits per heavy atom. The van der Waals surface area contributed by atoms with E-state index in [9.17, 15) is 4.39 Å². The molecule has 0 aliphatic rings. The average molecular weight is 359 g/mol. The maximum absolute atomic E-state index is 13.3. The van der Waals surface area contributed by atoms with Gasteiger partial charge in [0.15, 0.2) is 0 Å². The minimum Gasteiger partial charge on any atom is -0.439 e. The first-order chi connectivity index (χ1) is 9.60. The molecular weight excluding hydrogens is 345 g/mol. The van der Waals surface area contributed by atoms with Gasteiger partial charge in [0.2, 0.25) is 5.88 Å². The molecule has 5 heteroatoms. The molecule has 0 spiro atoms. The van der Waals surface area contributed by atoms with Crippen LogP contribution in [-0.2, 0) is 12.3 Å². The quantitative estimate of drug-likeness (QED) is 0.661. The Bertz CT molecular complexity index is 586. The largest absolute Gasteiger partial charge is 0.439 e. The Morgan fingerprint density at radius 3 is 2.70 bits per heavy atom. The number of hydrogen-bond acceptors (Lipinski definition) is 2. The zero-order valence-electron chi connectivity index (χ0n) is 11.0. The summed E-state index contributed by atoms with van der Waals surface area (Å²) < 4.78 is 19.6. The van der Waals surface area contributed by atoms with Crippen molar-refractivity contribution in [2.24, 2.45) is 0 Å². The number of hydrogen-bond donors (Lipinski definition) is 0. The molecule has 0 radical (unpaired) electrons. The molecule has 0 saturated carbocycles. The Balaban J connectivity index is 2.29. The van der Waals surface area contributed by atoms with E-state index in [0.717, 1.165) is 24.1 Å². The van der Waals surface area contributed by atoms with E-state index in [1.165, 1.54) is 12.1 Å². The van der Waals surface area contributed by atoms with Gasteiger partial charge in [0, 0.05) is 28.2 Å². The number of nitrogens with zero attached hydrogens (tertiary/aromatic N) is 1. The van der Waals surface area contributed by atoms with E-state index < -0.39 is 0 Å². The van der Waals surface area contributed by atoms with Crippen LogP contribution in [0.5, 0.6) is 11.6 Å². The molecule has 0 N–H and O–H groups in total. The fourth-order valence-electron chi connectivity index (χ4n) is 1.84. The number of alkyl halides is 1. The minimum absolute atomic E-state index is 0.364. The van der Waals surface area contributed by atoms with Gasteiger partial charge in [0.25, 0.3) is 0 Å². The van der Waals surface area contributed by atoms with Crippen LogP contribution < -0.4 is 4.74 Å². The molecule has 2 nitrogen and oxygen atoms in total. The predicted octanol–water partition coefficient (Wildman–Crippen LogP) is 5.47. The Kier molecular flexibility index (Phi) is 5.38. The Labute approximate surface area is 131 Å². The third-order valence-electron chi connectivity index (χ3n) is 2.63. The summed E-state index contributed by atoms with van der Waals surface area (Å²) in [7, 11) is 0. The Hall–Kier alpha value is -1.13. The van der Waals surface area contributed by atoms with Crippen molar-refractivity contribution in [2.75, 3.05) is 0 Å². The van der Waals surface area contributed by atoms with E-state index in [1.807, 2.05) is 6.07 Å². The average Bonchev–Trinajstić information content (AvgIpc) is 2.37. The lowest BCUT2D eigenvalue weighted by molar-refractivity contribution is 0.455. The lowest BCUT2D eigenvalue weighted by Gasteiger charge is -2.09. The van der Waals surface area contributed by atoms with Crippen LogP contribution in [0, 0.1) is 5.82 Å². The monoisotopic (exact) mass is 357 g/mol. The highest BCUT2D eigenvalue weighted by atomic mass is 79.9. The van der Waals surface area contributed by atoms with Gasteiger partial charge in [-0.3, -0.25) is 0 Å². The smallest absolute Gasteiger partial charge is 0.219 e. The summed E-state index contributed by atoms with van der Waals surface area (Å²) in [4.78, 5) is 4.41. The van der Waals surface area contributed by atoms with E-state index in [-0.39, 0.29) is 5.82 Å². The SMILES string of the molecule is CCCc1cc(CCl)cc(Oc2cc(F)cc(Br)c2)n1. The number of aryl methyl sites for hydroxylation is 1. The van der Waals surface area contributed by atoms with Crippen molar-refractivity contribution in [1.82, 2.24) is 4.98 Å². The van der Waals surface area contributed by atoms with Crippen LogP contribution in [0.3, 0.4) is 0 Å². The summed E-state index contributed by atoms with van der Waals surface area (Å²) in [5.41, 5.74) is 1.87. The fraction of sp³-hybridized carbons (Fsp3) is 0.267. The molecule has 2 aromatic rings. The second-order valence-electron chi connectivity index (χ2n) is 4.40. The molecule has 1 aromatic carbocycles. The van der Waals surface area contributed by atoms with Crippen LogP contribution in [0.1, 0.15) is 24.6 Å². The van der Waals surface area contributed by atoms with Crippen LogP contribution in [0.4, 0.5) is 4.39 Å². The van der Waals surface area contributed by atoms with Gasteiger partial charge in [0.05, 0.1) is 0 Å².